The van der Waals surface area contributed by atoms with E-state index in [2.05, 4.69) is 9.89 Å². The van der Waals surface area contributed by atoms with Crippen molar-refractivity contribution in [3.05, 3.63) is 76.4 Å². The van der Waals surface area contributed by atoms with Crippen molar-refractivity contribution in [3.8, 4) is 11.3 Å². The number of aromatic nitrogens is 1. The number of esters is 1. The van der Waals surface area contributed by atoms with Crippen LogP contribution in [-0.4, -0.2) is 36.1 Å². The fourth-order valence-corrected chi connectivity index (χ4v) is 2.75. The van der Waals surface area contributed by atoms with Crippen molar-refractivity contribution in [2.24, 2.45) is 0 Å². The lowest BCUT2D eigenvalue weighted by atomic mass is 10.1. The number of halogens is 1. The molecule has 0 atom stereocenters. The lowest BCUT2D eigenvalue weighted by Crippen LogP contribution is -2.26. The molecule has 6 nitrogen and oxygen atoms in total. The average molecular weight is 385 g/mol. The molecule has 1 aromatic heterocycles. The van der Waals surface area contributed by atoms with Crippen LogP contribution in [0, 0.1) is 0 Å². The fourth-order valence-electron chi connectivity index (χ4n) is 2.56. The Morgan fingerprint density at radius 3 is 2.56 bits per heavy atom. The Hall–Kier alpha value is -3.12. The van der Waals surface area contributed by atoms with E-state index < -0.39 is 5.97 Å². The van der Waals surface area contributed by atoms with Gasteiger partial charge in [-0.05, 0) is 29.8 Å². The number of amides is 1. The molecule has 0 aliphatic carbocycles. The van der Waals surface area contributed by atoms with Gasteiger partial charge < -0.3 is 14.2 Å². The van der Waals surface area contributed by atoms with Gasteiger partial charge in [0.1, 0.15) is 0 Å². The molecule has 0 fully saturated rings. The Kier molecular flexibility index (Phi) is 5.57. The molecule has 0 radical (unpaired) electrons. The molecular weight excluding hydrogens is 368 g/mol. The van der Waals surface area contributed by atoms with E-state index in [4.69, 9.17) is 16.1 Å². The highest BCUT2D eigenvalue weighted by molar-refractivity contribution is 6.30. The summed E-state index contributed by atoms with van der Waals surface area (Å²) in [4.78, 5) is 25.6. The Morgan fingerprint density at radius 2 is 1.89 bits per heavy atom. The van der Waals surface area contributed by atoms with Gasteiger partial charge in [0.2, 0.25) is 0 Å². The summed E-state index contributed by atoms with van der Waals surface area (Å²) in [5, 5.41) is 4.44. The molecule has 2 aromatic carbocycles. The molecule has 0 saturated carbocycles. The van der Waals surface area contributed by atoms with Crippen LogP contribution in [0.2, 0.25) is 5.02 Å². The maximum Gasteiger partial charge on any atom is 0.337 e. The van der Waals surface area contributed by atoms with Crippen LogP contribution < -0.4 is 0 Å². The van der Waals surface area contributed by atoms with E-state index in [9.17, 15) is 9.59 Å². The maximum absolute atomic E-state index is 12.6. The number of carbonyl (C=O) groups is 2. The van der Waals surface area contributed by atoms with Crippen LogP contribution in [0.3, 0.4) is 0 Å². The van der Waals surface area contributed by atoms with Crippen LogP contribution in [0.25, 0.3) is 11.3 Å². The van der Waals surface area contributed by atoms with Gasteiger partial charge in [-0.15, -0.1) is 0 Å². The molecule has 0 aliphatic heterocycles. The largest absolute Gasteiger partial charge is 0.465 e. The summed E-state index contributed by atoms with van der Waals surface area (Å²) >= 11 is 5.98. The molecule has 0 spiro atoms. The van der Waals surface area contributed by atoms with Crippen LogP contribution in [0.4, 0.5) is 0 Å². The third-order valence-electron chi connectivity index (χ3n) is 3.98. The lowest BCUT2D eigenvalue weighted by molar-refractivity contribution is 0.0600. The van der Waals surface area contributed by atoms with Gasteiger partial charge in [0, 0.05) is 30.2 Å². The van der Waals surface area contributed by atoms with E-state index in [0.29, 0.717) is 22.9 Å². The van der Waals surface area contributed by atoms with Gasteiger partial charge in [0.25, 0.3) is 5.91 Å². The summed E-state index contributed by atoms with van der Waals surface area (Å²) in [7, 11) is 3.00. The molecular formula is C20H17ClN2O4. The Bertz CT molecular complexity index is 966. The minimum absolute atomic E-state index is 0.207. The molecule has 0 aliphatic rings. The summed E-state index contributed by atoms with van der Waals surface area (Å²) in [5.41, 5.74) is 2.28. The molecule has 0 saturated heterocycles. The predicted octanol–water partition coefficient (Wildman–Crippen LogP) is 4.05. The molecule has 3 aromatic rings. The maximum atomic E-state index is 12.6. The summed E-state index contributed by atoms with van der Waals surface area (Å²) in [5.74, 6) is -0.206. The summed E-state index contributed by atoms with van der Waals surface area (Å²) in [6.45, 7) is 0.361. The second kappa shape index (κ2) is 8.05. The first-order valence-corrected chi connectivity index (χ1v) is 8.51. The van der Waals surface area contributed by atoms with Crippen molar-refractivity contribution in [1.82, 2.24) is 10.1 Å². The lowest BCUT2D eigenvalue weighted by Gasteiger charge is -2.15. The Labute approximate surface area is 161 Å². The number of rotatable bonds is 5. The number of methoxy groups -OCH3 is 1. The summed E-state index contributed by atoms with van der Waals surface area (Å²) in [6, 6.07) is 15.6. The van der Waals surface area contributed by atoms with Gasteiger partial charge in [-0.25, -0.2) is 4.79 Å². The zero-order valence-electron chi connectivity index (χ0n) is 14.8. The number of hydrogen-bond acceptors (Lipinski definition) is 5. The van der Waals surface area contributed by atoms with Crippen LogP contribution >= 0.6 is 11.6 Å². The van der Waals surface area contributed by atoms with Gasteiger partial charge in [0.05, 0.1) is 12.7 Å². The Morgan fingerprint density at radius 1 is 1.15 bits per heavy atom. The smallest absolute Gasteiger partial charge is 0.337 e. The second-order valence-electron chi connectivity index (χ2n) is 5.94. The fraction of sp³-hybridized carbons (Fsp3) is 0.150. The van der Waals surface area contributed by atoms with Crippen molar-refractivity contribution in [3.63, 3.8) is 0 Å². The zero-order valence-corrected chi connectivity index (χ0v) is 15.6. The molecule has 0 bridgehead atoms. The van der Waals surface area contributed by atoms with E-state index in [1.807, 2.05) is 6.07 Å². The third kappa shape index (κ3) is 4.35. The van der Waals surface area contributed by atoms with Crippen molar-refractivity contribution in [1.29, 1.82) is 0 Å². The summed E-state index contributed by atoms with van der Waals surface area (Å²) in [6.07, 6.45) is 0. The zero-order chi connectivity index (χ0) is 19.4. The van der Waals surface area contributed by atoms with Gasteiger partial charge in [-0.3, -0.25) is 4.79 Å². The predicted molar refractivity (Wildman–Crippen MR) is 101 cm³/mol. The average Bonchev–Trinajstić information content (AvgIpc) is 3.17. The van der Waals surface area contributed by atoms with Gasteiger partial charge >= 0.3 is 5.97 Å². The molecule has 1 amide bonds. The molecule has 0 N–H and O–H groups in total. The molecule has 0 unspecified atom stereocenters. The van der Waals surface area contributed by atoms with Gasteiger partial charge in [0.15, 0.2) is 11.5 Å². The van der Waals surface area contributed by atoms with Crippen molar-refractivity contribution in [2.75, 3.05) is 14.2 Å². The van der Waals surface area contributed by atoms with Crippen LogP contribution in [0.1, 0.15) is 26.4 Å². The van der Waals surface area contributed by atoms with E-state index in [-0.39, 0.29) is 11.6 Å². The minimum Gasteiger partial charge on any atom is -0.465 e. The summed E-state index contributed by atoms with van der Waals surface area (Å²) < 4.78 is 9.94. The van der Waals surface area contributed by atoms with Crippen LogP contribution in [0.5, 0.6) is 0 Å². The molecule has 27 heavy (non-hydrogen) atoms. The number of hydrogen-bond donors (Lipinski definition) is 0. The van der Waals surface area contributed by atoms with E-state index in [1.54, 1.807) is 55.6 Å². The van der Waals surface area contributed by atoms with Crippen LogP contribution in [0.15, 0.2) is 59.1 Å². The molecule has 1 heterocycles. The third-order valence-corrected chi connectivity index (χ3v) is 4.21. The SMILES string of the molecule is COC(=O)c1ccc(CN(C)C(=O)c2cc(-c3cccc(Cl)c3)on2)cc1. The standard InChI is InChI=1S/C20H17ClN2O4/c1-23(12-13-6-8-14(9-7-13)20(25)26-2)19(24)17-11-18(27-22-17)15-4-3-5-16(21)10-15/h3-11H,12H2,1-2H3. The molecule has 138 valence electrons. The van der Waals surface area contributed by atoms with Crippen molar-refractivity contribution in [2.45, 2.75) is 6.54 Å². The van der Waals surface area contributed by atoms with E-state index in [1.165, 1.54) is 12.0 Å². The minimum atomic E-state index is -0.401. The highest BCUT2D eigenvalue weighted by Crippen LogP contribution is 2.24. The van der Waals surface area contributed by atoms with E-state index in [0.717, 1.165) is 11.1 Å². The number of ether oxygens (including phenoxy) is 1. The topological polar surface area (TPSA) is 72.6 Å². The highest BCUT2D eigenvalue weighted by atomic mass is 35.5. The Balaban J connectivity index is 1.69. The normalized spacial score (nSPS) is 10.5. The first kappa shape index (κ1) is 18.7. The van der Waals surface area contributed by atoms with Gasteiger partial charge in [-0.2, -0.15) is 0 Å². The number of carbonyl (C=O) groups excluding carboxylic acids is 2. The second-order valence-corrected chi connectivity index (χ2v) is 6.37. The highest BCUT2D eigenvalue weighted by Gasteiger charge is 2.18. The van der Waals surface area contributed by atoms with Gasteiger partial charge in [-0.1, -0.05) is 41.0 Å². The monoisotopic (exact) mass is 384 g/mol. The molecule has 7 heteroatoms. The van der Waals surface area contributed by atoms with Crippen molar-refractivity contribution >= 4 is 23.5 Å². The van der Waals surface area contributed by atoms with E-state index >= 15 is 0 Å². The van der Waals surface area contributed by atoms with Crippen molar-refractivity contribution < 1.29 is 18.8 Å². The van der Waals surface area contributed by atoms with Crippen LogP contribution in [-0.2, 0) is 11.3 Å². The number of nitrogens with zero attached hydrogens (tertiary/aromatic N) is 2. The first-order valence-electron chi connectivity index (χ1n) is 8.13. The quantitative estimate of drug-likeness (QED) is 0.620. The first-order chi connectivity index (χ1) is 13.0. The number of benzene rings is 2. The molecule has 3 rings (SSSR count).